The number of aromatic nitrogens is 1. The Morgan fingerprint density at radius 1 is 0.879 bits per heavy atom. The van der Waals surface area contributed by atoms with Gasteiger partial charge in [-0.3, -0.25) is 10.6 Å². The maximum absolute atomic E-state index is 11.7. The molecule has 0 aliphatic carbocycles. The molecule has 1 aromatic heterocycles. The van der Waals surface area contributed by atoms with Crippen LogP contribution in [0.25, 0.3) is 0 Å². The second-order valence-corrected chi connectivity index (χ2v) is 6.25. The van der Waals surface area contributed by atoms with Crippen LogP contribution in [0.3, 0.4) is 0 Å². The summed E-state index contributed by atoms with van der Waals surface area (Å²) in [5, 5.41) is 21.4. The van der Waals surface area contributed by atoms with Gasteiger partial charge in [-0.15, -0.1) is 4.73 Å². The minimum absolute atomic E-state index is 0.0594. The molecule has 0 unspecified atom stereocenters. The predicted octanol–water partition coefficient (Wildman–Crippen LogP) is -1.70. The smallest absolute Gasteiger partial charge is 0.422 e. The molecule has 33 heavy (non-hydrogen) atoms. The molecule has 2 amide bonds. The van der Waals surface area contributed by atoms with Crippen molar-refractivity contribution in [2.75, 3.05) is 52.8 Å². The number of nitrogens with one attached hydrogen (secondary N) is 3. The van der Waals surface area contributed by atoms with Crippen LogP contribution in [-0.2, 0) is 28.5 Å². The number of carbonyl (C=O) groups excluding carboxylic acids is 3. The number of nitrogens with two attached hydrogens (primary N) is 1. The zero-order valence-electron chi connectivity index (χ0n) is 18.1. The quantitative estimate of drug-likeness (QED) is 0.0795. The second kappa shape index (κ2) is 17.4. The Balaban J connectivity index is 1.86. The van der Waals surface area contributed by atoms with Gasteiger partial charge in [0.25, 0.3) is 0 Å². The summed E-state index contributed by atoms with van der Waals surface area (Å²) in [5.41, 5.74) is 3.97. The van der Waals surface area contributed by atoms with E-state index >= 15 is 0 Å². The number of nitrogens with zero attached hydrogens (tertiary/aromatic N) is 1. The first-order chi connectivity index (χ1) is 15.9. The van der Waals surface area contributed by atoms with Crippen molar-refractivity contribution in [2.45, 2.75) is 19.3 Å². The molecule has 1 heterocycles. The van der Waals surface area contributed by atoms with Crippen molar-refractivity contribution >= 4 is 18.0 Å². The van der Waals surface area contributed by atoms with Crippen LogP contribution in [0.2, 0.25) is 0 Å². The Hall–Kier alpha value is -3.11. The van der Waals surface area contributed by atoms with Crippen LogP contribution >= 0.6 is 0 Å². The fourth-order valence-corrected chi connectivity index (χ4v) is 2.22. The summed E-state index contributed by atoms with van der Waals surface area (Å²) in [7, 11) is 0. The van der Waals surface area contributed by atoms with Crippen LogP contribution in [0.4, 0.5) is 4.79 Å². The van der Waals surface area contributed by atoms with Gasteiger partial charge in [-0.05, 0) is 6.42 Å². The Kier molecular flexibility index (Phi) is 14.8. The summed E-state index contributed by atoms with van der Waals surface area (Å²) in [4.78, 5) is 39.0. The number of aromatic hydroxyl groups is 2. The van der Waals surface area contributed by atoms with Crippen molar-refractivity contribution in [1.82, 2.24) is 21.0 Å². The maximum atomic E-state index is 11.7. The monoisotopic (exact) mass is 477 g/mol. The molecule has 0 radical (unpaired) electrons. The summed E-state index contributed by atoms with van der Waals surface area (Å²) in [6.45, 7) is 2.29. The Morgan fingerprint density at radius 2 is 1.45 bits per heavy atom. The number of carbonyl (C=O) groups is 3. The van der Waals surface area contributed by atoms with Gasteiger partial charge in [0, 0.05) is 31.5 Å². The molecule has 1 rings (SSSR count). The van der Waals surface area contributed by atoms with E-state index < -0.39 is 23.8 Å². The predicted molar refractivity (Wildman–Crippen MR) is 110 cm³/mol. The highest BCUT2D eigenvalue weighted by Gasteiger charge is 2.12. The van der Waals surface area contributed by atoms with Gasteiger partial charge in [-0.1, -0.05) is 0 Å². The minimum atomic E-state index is -0.706. The van der Waals surface area contributed by atoms with Crippen LogP contribution in [0.5, 0.6) is 11.8 Å². The average molecular weight is 477 g/mol. The van der Waals surface area contributed by atoms with E-state index in [1.165, 1.54) is 12.1 Å². The maximum Gasteiger partial charge on any atom is 0.422 e. The van der Waals surface area contributed by atoms with Crippen LogP contribution in [0, 0.1) is 0 Å². The molecule has 0 aliphatic heterocycles. The van der Waals surface area contributed by atoms with Crippen LogP contribution in [-0.4, -0.2) is 85.7 Å². The highest BCUT2D eigenvalue weighted by Crippen LogP contribution is 2.18. The van der Waals surface area contributed by atoms with E-state index in [9.17, 15) is 24.6 Å². The standard InChI is InChI=1S/C18H31N5O10/c19-22-21-18(28)32-13-12-31-11-10-30-9-8-29-7-6-20-14(24)2-1-3-17(27)33-23-15(25)4-5-16(23)26/h4-5,22,25-26H,1-3,6-13,19H2,(H,20,24)(H,21,28). The second-order valence-electron chi connectivity index (χ2n) is 6.25. The van der Waals surface area contributed by atoms with E-state index in [0.29, 0.717) is 44.3 Å². The number of hydrogen-bond acceptors (Lipinski definition) is 12. The largest absolute Gasteiger partial charge is 0.492 e. The van der Waals surface area contributed by atoms with Gasteiger partial charge in [0.05, 0.1) is 39.6 Å². The first-order valence-electron chi connectivity index (χ1n) is 10.1. The molecular formula is C18H31N5O10. The van der Waals surface area contributed by atoms with Gasteiger partial charge in [0.2, 0.25) is 17.7 Å². The number of rotatable bonds is 18. The fraction of sp³-hybridized carbons (Fsp3) is 0.611. The summed E-state index contributed by atoms with van der Waals surface area (Å²) in [5.74, 6) is 3.11. The molecule has 188 valence electrons. The normalized spacial score (nSPS) is 10.6. The number of amides is 2. The molecule has 0 aromatic carbocycles. The molecule has 1 aromatic rings. The van der Waals surface area contributed by atoms with Crippen LogP contribution < -0.4 is 27.0 Å². The summed E-state index contributed by atoms with van der Waals surface area (Å²) in [6.07, 6.45) is -0.408. The van der Waals surface area contributed by atoms with Crippen molar-refractivity contribution in [3.63, 3.8) is 0 Å². The number of hydrogen-bond donors (Lipinski definition) is 6. The topological polar surface area (TPSA) is 205 Å². The summed E-state index contributed by atoms with van der Waals surface area (Å²) < 4.78 is 21.1. The zero-order valence-corrected chi connectivity index (χ0v) is 18.1. The Labute approximate surface area is 189 Å². The lowest BCUT2D eigenvalue weighted by Gasteiger charge is -2.08. The van der Waals surface area contributed by atoms with Crippen molar-refractivity contribution < 1.29 is 48.4 Å². The van der Waals surface area contributed by atoms with Gasteiger partial charge in [0.1, 0.15) is 6.61 Å². The Bertz CT molecular complexity index is 695. The van der Waals surface area contributed by atoms with E-state index in [0.717, 1.165) is 0 Å². The van der Waals surface area contributed by atoms with E-state index in [-0.39, 0.29) is 38.4 Å². The highest BCUT2D eigenvalue weighted by molar-refractivity contribution is 5.77. The third-order valence-corrected chi connectivity index (χ3v) is 3.72. The van der Waals surface area contributed by atoms with Gasteiger partial charge >= 0.3 is 12.1 Å². The SMILES string of the molecule is NNNC(=O)OCCOCCOCCOCCNC(=O)CCCC(=O)On1c(O)ccc1O. The number of ether oxygens (including phenoxy) is 4. The van der Waals surface area contributed by atoms with Gasteiger partial charge in [-0.2, -0.15) is 5.53 Å². The minimum Gasteiger partial charge on any atom is -0.492 e. The molecule has 0 spiro atoms. The molecule has 7 N–H and O–H groups in total. The molecular weight excluding hydrogens is 446 g/mol. The highest BCUT2D eigenvalue weighted by atomic mass is 16.7. The molecule has 15 heteroatoms. The molecule has 0 atom stereocenters. The molecule has 0 saturated heterocycles. The van der Waals surface area contributed by atoms with Crippen LogP contribution in [0.1, 0.15) is 19.3 Å². The van der Waals surface area contributed by atoms with Crippen molar-refractivity contribution in [3.8, 4) is 11.8 Å². The lowest BCUT2D eigenvalue weighted by atomic mass is 10.2. The summed E-state index contributed by atoms with van der Waals surface area (Å²) >= 11 is 0. The first kappa shape index (κ1) is 27.9. The van der Waals surface area contributed by atoms with Crippen molar-refractivity contribution in [3.05, 3.63) is 12.1 Å². The average Bonchev–Trinajstić information content (AvgIpc) is 3.09. The third kappa shape index (κ3) is 13.8. The van der Waals surface area contributed by atoms with Gasteiger partial charge < -0.3 is 39.3 Å². The van der Waals surface area contributed by atoms with Crippen LogP contribution in [0.15, 0.2) is 12.1 Å². The molecule has 15 nitrogen and oxygen atoms in total. The number of hydrazine groups is 2. The Morgan fingerprint density at radius 3 is 2.06 bits per heavy atom. The van der Waals surface area contributed by atoms with Gasteiger partial charge in [0.15, 0.2) is 0 Å². The molecule has 0 saturated carbocycles. The van der Waals surface area contributed by atoms with E-state index in [4.69, 9.17) is 29.6 Å². The lowest BCUT2D eigenvalue weighted by molar-refractivity contribution is -0.145. The van der Waals surface area contributed by atoms with E-state index in [1.54, 1.807) is 0 Å². The van der Waals surface area contributed by atoms with Gasteiger partial charge in [-0.25, -0.2) is 15.0 Å². The lowest BCUT2D eigenvalue weighted by Crippen LogP contribution is -2.42. The summed E-state index contributed by atoms with van der Waals surface area (Å²) in [6, 6.07) is 2.34. The molecule has 0 bridgehead atoms. The first-order valence-corrected chi connectivity index (χ1v) is 10.1. The zero-order chi connectivity index (χ0) is 24.3. The molecule has 0 aliphatic rings. The van der Waals surface area contributed by atoms with E-state index in [2.05, 4.69) is 5.32 Å². The van der Waals surface area contributed by atoms with Crippen molar-refractivity contribution in [1.29, 1.82) is 0 Å². The van der Waals surface area contributed by atoms with E-state index in [1.807, 2.05) is 11.0 Å². The third-order valence-electron chi connectivity index (χ3n) is 3.72. The molecule has 0 fully saturated rings. The van der Waals surface area contributed by atoms with Crippen molar-refractivity contribution in [2.24, 2.45) is 5.84 Å². The fourth-order valence-electron chi connectivity index (χ4n) is 2.22.